The van der Waals surface area contributed by atoms with Crippen molar-refractivity contribution in [1.82, 2.24) is 4.90 Å². The molecule has 2 aliphatic rings. The fourth-order valence-electron chi connectivity index (χ4n) is 3.15. The highest BCUT2D eigenvalue weighted by atomic mass is 19.1. The molecular weight excluding hydrogens is 334 g/mol. The van der Waals surface area contributed by atoms with Gasteiger partial charge in [-0.1, -0.05) is 0 Å². The van der Waals surface area contributed by atoms with Crippen molar-refractivity contribution in [3.05, 3.63) is 47.5 Å². The average molecular weight is 348 g/mol. The molecule has 0 saturated carbocycles. The summed E-state index contributed by atoms with van der Waals surface area (Å²) in [4.78, 5) is 25.1. The standard InChI is InChI=1S/C17H14F2N2O4/c1-21-7-6-16(10-20,12-8-11(18)2-3-13(12)19)9-17(21)24-14(22)4-5-15(23)25-17/h2-5,8H,6-7,9H2,1H3. The van der Waals surface area contributed by atoms with Crippen molar-refractivity contribution < 1.29 is 27.8 Å². The van der Waals surface area contributed by atoms with Crippen LogP contribution in [0.5, 0.6) is 0 Å². The monoisotopic (exact) mass is 348 g/mol. The first-order valence-electron chi connectivity index (χ1n) is 7.52. The molecule has 1 atom stereocenters. The molecule has 0 aromatic heterocycles. The summed E-state index contributed by atoms with van der Waals surface area (Å²) in [7, 11) is 1.55. The van der Waals surface area contributed by atoms with Crippen molar-refractivity contribution in [1.29, 1.82) is 5.26 Å². The molecule has 0 aliphatic carbocycles. The van der Waals surface area contributed by atoms with Crippen LogP contribution in [0, 0.1) is 23.0 Å². The van der Waals surface area contributed by atoms with Gasteiger partial charge in [-0.15, -0.1) is 0 Å². The maximum Gasteiger partial charge on any atom is 0.335 e. The molecule has 2 aliphatic heterocycles. The van der Waals surface area contributed by atoms with E-state index < -0.39 is 34.9 Å². The van der Waals surface area contributed by atoms with Gasteiger partial charge in [0.25, 0.3) is 0 Å². The highest BCUT2D eigenvalue weighted by molar-refractivity contribution is 5.93. The molecule has 2 heterocycles. The minimum absolute atomic E-state index is 0.144. The zero-order valence-electron chi connectivity index (χ0n) is 13.3. The first kappa shape index (κ1) is 17.0. The second kappa shape index (κ2) is 5.93. The molecule has 6 nitrogen and oxygen atoms in total. The molecular formula is C17H14F2N2O4. The summed E-state index contributed by atoms with van der Waals surface area (Å²) < 4.78 is 38.5. The van der Waals surface area contributed by atoms with Crippen molar-refractivity contribution in [2.75, 3.05) is 13.6 Å². The Balaban J connectivity index is 2.09. The van der Waals surface area contributed by atoms with Crippen LogP contribution in [0.1, 0.15) is 18.4 Å². The molecule has 0 amide bonds. The summed E-state index contributed by atoms with van der Waals surface area (Å²) in [6.07, 6.45) is 1.63. The number of hydrogen-bond donors (Lipinski definition) is 0. The van der Waals surface area contributed by atoms with Crippen molar-refractivity contribution in [2.24, 2.45) is 0 Å². The minimum Gasteiger partial charge on any atom is -0.405 e. The summed E-state index contributed by atoms with van der Waals surface area (Å²) in [6, 6.07) is 4.83. The second-order valence-corrected chi connectivity index (χ2v) is 6.05. The SMILES string of the molecule is CN1CCC(C#N)(c2cc(F)ccc2F)CC12OC(=O)C=CC(=O)O2. The number of nitriles is 1. The average Bonchev–Trinajstić information content (AvgIpc) is 2.71. The van der Waals surface area contributed by atoms with Crippen LogP contribution < -0.4 is 0 Å². The molecule has 1 unspecified atom stereocenters. The number of benzene rings is 1. The Morgan fingerprint density at radius 1 is 1.20 bits per heavy atom. The predicted molar refractivity (Wildman–Crippen MR) is 79.6 cm³/mol. The molecule has 3 rings (SSSR count). The van der Waals surface area contributed by atoms with Crippen molar-refractivity contribution in [2.45, 2.75) is 24.2 Å². The fraction of sp³-hybridized carbons (Fsp3) is 0.353. The third-order valence-corrected chi connectivity index (χ3v) is 4.51. The van der Waals surface area contributed by atoms with E-state index in [9.17, 15) is 23.6 Å². The largest absolute Gasteiger partial charge is 0.405 e. The van der Waals surface area contributed by atoms with E-state index >= 15 is 0 Å². The van der Waals surface area contributed by atoms with Crippen molar-refractivity contribution in [3.8, 4) is 6.07 Å². The van der Waals surface area contributed by atoms with Crippen molar-refractivity contribution in [3.63, 3.8) is 0 Å². The van der Waals surface area contributed by atoms with Gasteiger partial charge in [0.05, 0.1) is 17.9 Å². The van der Waals surface area contributed by atoms with Crippen LogP contribution in [-0.4, -0.2) is 36.3 Å². The first-order chi connectivity index (χ1) is 11.8. The number of nitrogens with zero attached hydrogens (tertiary/aromatic N) is 2. The number of likely N-dealkylation sites (tertiary alicyclic amines) is 1. The van der Waals surface area contributed by atoms with Crippen LogP contribution in [0.25, 0.3) is 0 Å². The quantitative estimate of drug-likeness (QED) is 0.720. The number of esters is 2. The van der Waals surface area contributed by atoms with Crippen LogP contribution in [0.2, 0.25) is 0 Å². The summed E-state index contributed by atoms with van der Waals surface area (Å²) in [5.41, 5.74) is -1.68. The lowest BCUT2D eigenvalue weighted by atomic mass is 9.72. The molecule has 0 N–H and O–H groups in total. The zero-order valence-corrected chi connectivity index (χ0v) is 13.3. The van der Waals surface area contributed by atoms with Gasteiger partial charge < -0.3 is 9.47 Å². The van der Waals surface area contributed by atoms with E-state index in [1.165, 1.54) is 4.90 Å². The van der Waals surface area contributed by atoms with Gasteiger partial charge in [-0.2, -0.15) is 5.26 Å². The van der Waals surface area contributed by atoms with Gasteiger partial charge in [0.15, 0.2) is 0 Å². The van der Waals surface area contributed by atoms with E-state index in [1.807, 2.05) is 6.07 Å². The van der Waals surface area contributed by atoms with Gasteiger partial charge in [0.1, 0.15) is 11.6 Å². The number of hydrogen-bond acceptors (Lipinski definition) is 6. The first-order valence-corrected chi connectivity index (χ1v) is 7.52. The lowest BCUT2D eigenvalue weighted by Crippen LogP contribution is -2.60. The Hall–Kier alpha value is -2.79. The van der Waals surface area contributed by atoms with Gasteiger partial charge in [-0.3, -0.25) is 0 Å². The third-order valence-electron chi connectivity index (χ3n) is 4.51. The van der Waals surface area contributed by atoms with Gasteiger partial charge in [-0.05, 0) is 31.7 Å². The van der Waals surface area contributed by atoms with E-state index in [4.69, 9.17) is 9.47 Å². The van der Waals surface area contributed by atoms with Crippen LogP contribution in [0.4, 0.5) is 8.78 Å². The van der Waals surface area contributed by atoms with Gasteiger partial charge in [0.2, 0.25) is 0 Å². The fourth-order valence-corrected chi connectivity index (χ4v) is 3.15. The van der Waals surface area contributed by atoms with Crippen LogP contribution in [0.15, 0.2) is 30.4 Å². The smallest absolute Gasteiger partial charge is 0.335 e. The van der Waals surface area contributed by atoms with E-state index in [0.717, 1.165) is 30.4 Å². The number of ether oxygens (including phenoxy) is 2. The van der Waals surface area contributed by atoms with E-state index in [2.05, 4.69) is 0 Å². The Morgan fingerprint density at radius 3 is 2.44 bits per heavy atom. The molecule has 0 radical (unpaired) electrons. The Kier molecular flexibility index (Phi) is 4.05. The van der Waals surface area contributed by atoms with Crippen LogP contribution in [0.3, 0.4) is 0 Å². The maximum atomic E-state index is 14.3. The topological polar surface area (TPSA) is 79.6 Å². The molecule has 1 fully saturated rings. The molecule has 130 valence electrons. The van der Waals surface area contributed by atoms with Crippen LogP contribution in [-0.2, 0) is 24.5 Å². The lowest BCUT2D eigenvalue weighted by Gasteiger charge is -2.47. The Bertz CT molecular complexity index is 797. The molecule has 1 saturated heterocycles. The molecule has 1 aromatic rings. The molecule has 0 bridgehead atoms. The van der Waals surface area contributed by atoms with Gasteiger partial charge in [-0.25, -0.2) is 23.3 Å². The number of carbonyl (C=O) groups excluding carboxylic acids is 2. The summed E-state index contributed by atoms with van der Waals surface area (Å²) in [5, 5.41) is 9.76. The van der Waals surface area contributed by atoms with Crippen LogP contribution >= 0.6 is 0 Å². The van der Waals surface area contributed by atoms with Gasteiger partial charge >= 0.3 is 17.8 Å². The Morgan fingerprint density at radius 2 is 1.84 bits per heavy atom. The second-order valence-electron chi connectivity index (χ2n) is 6.05. The maximum absolute atomic E-state index is 14.3. The predicted octanol–water partition coefficient (Wildman–Crippen LogP) is 1.76. The Labute approximate surface area is 142 Å². The number of rotatable bonds is 1. The summed E-state index contributed by atoms with van der Waals surface area (Å²) >= 11 is 0. The normalized spacial score (nSPS) is 25.8. The van der Waals surface area contributed by atoms with E-state index in [0.29, 0.717) is 0 Å². The minimum atomic E-state index is -1.87. The van der Waals surface area contributed by atoms with E-state index in [-0.39, 0.29) is 24.9 Å². The number of carbonyl (C=O) groups is 2. The van der Waals surface area contributed by atoms with Crippen molar-refractivity contribution >= 4 is 11.9 Å². The lowest BCUT2D eigenvalue weighted by molar-refractivity contribution is -0.294. The number of piperidine rings is 1. The molecule has 1 aromatic carbocycles. The number of halogens is 2. The summed E-state index contributed by atoms with van der Waals surface area (Å²) in [6.45, 7) is 0.157. The highest BCUT2D eigenvalue weighted by Gasteiger charge is 2.56. The molecule has 8 heteroatoms. The molecule has 1 spiro atoms. The molecule has 25 heavy (non-hydrogen) atoms. The summed E-state index contributed by atoms with van der Waals surface area (Å²) in [5.74, 6) is -4.98. The van der Waals surface area contributed by atoms with E-state index in [1.54, 1.807) is 7.05 Å². The third kappa shape index (κ3) is 2.87. The van der Waals surface area contributed by atoms with Gasteiger partial charge in [0, 0.05) is 24.3 Å². The highest BCUT2D eigenvalue weighted by Crippen LogP contribution is 2.45. The zero-order chi connectivity index (χ0) is 18.2.